The molecule has 0 bridgehead atoms. The number of hydrogen-bond donors (Lipinski definition) is 1. The number of rotatable bonds is 38. The Hall–Kier alpha value is -1.65. The third-order valence-electron chi connectivity index (χ3n) is 8.86. The van der Waals surface area contributed by atoms with Crippen molar-refractivity contribution in [3.05, 3.63) is 48.6 Å². The van der Waals surface area contributed by atoms with Crippen molar-refractivity contribution in [1.29, 1.82) is 0 Å². The Morgan fingerprint density at radius 3 is 1.42 bits per heavy atom. The summed E-state index contributed by atoms with van der Waals surface area (Å²) in [4.78, 5) is 12.2. The first-order valence-electron chi connectivity index (χ1n) is 20.7. The fraction of sp³-hybridized carbons (Fsp3) is 0.795. The predicted molar refractivity (Wildman–Crippen MR) is 210 cm³/mol. The van der Waals surface area contributed by atoms with E-state index < -0.39 is 6.10 Å². The number of allylic oxidation sites excluding steroid dienone is 8. The number of carbonyl (C=O) groups is 1. The van der Waals surface area contributed by atoms with E-state index in [0.29, 0.717) is 13.0 Å². The van der Waals surface area contributed by atoms with Gasteiger partial charge in [0.1, 0.15) is 6.10 Å². The number of hydrogen-bond acceptors (Lipinski definition) is 4. The number of unbranched alkanes of at least 4 members (excludes halogenated alkanes) is 22. The van der Waals surface area contributed by atoms with Gasteiger partial charge in [-0.05, 0) is 70.6 Å². The lowest BCUT2D eigenvalue weighted by molar-refractivity contribution is -0.154. The fourth-order valence-electron chi connectivity index (χ4n) is 5.75. The van der Waals surface area contributed by atoms with Crippen molar-refractivity contribution in [2.45, 2.75) is 206 Å². The van der Waals surface area contributed by atoms with Gasteiger partial charge in [-0.1, -0.05) is 172 Å². The lowest BCUT2D eigenvalue weighted by atomic mass is 10.0. The smallest absolute Gasteiger partial charge is 0.306 e. The molecule has 0 saturated carbocycles. The third-order valence-corrected chi connectivity index (χ3v) is 8.86. The van der Waals surface area contributed by atoms with Crippen LogP contribution < -0.4 is 0 Å². The van der Waals surface area contributed by atoms with Gasteiger partial charge in [-0.3, -0.25) is 4.79 Å². The Balaban J connectivity index is 3.44. The molecule has 0 spiro atoms. The minimum atomic E-state index is -0.538. The van der Waals surface area contributed by atoms with Crippen LogP contribution in [0.25, 0.3) is 0 Å². The molecule has 0 aliphatic carbocycles. The molecule has 0 amide bonds. The van der Waals surface area contributed by atoms with Crippen LogP contribution in [0.15, 0.2) is 48.6 Å². The first kappa shape index (κ1) is 46.4. The van der Waals surface area contributed by atoms with Crippen molar-refractivity contribution in [2.75, 3.05) is 19.8 Å². The topological polar surface area (TPSA) is 55.8 Å². The Labute approximate surface area is 299 Å². The Morgan fingerprint density at radius 1 is 0.500 bits per heavy atom. The molecule has 0 fully saturated rings. The van der Waals surface area contributed by atoms with Crippen LogP contribution in [0.4, 0.5) is 0 Å². The van der Waals surface area contributed by atoms with E-state index in [1.807, 2.05) is 0 Å². The summed E-state index contributed by atoms with van der Waals surface area (Å²) < 4.78 is 11.1. The molecule has 0 aliphatic rings. The van der Waals surface area contributed by atoms with Crippen LogP contribution in [0.1, 0.15) is 200 Å². The van der Waals surface area contributed by atoms with Crippen molar-refractivity contribution >= 4 is 5.97 Å². The van der Waals surface area contributed by atoms with Crippen molar-refractivity contribution in [1.82, 2.24) is 0 Å². The summed E-state index contributed by atoms with van der Waals surface area (Å²) in [5, 5.41) is 9.56. The van der Waals surface area contributed by atoms with Crippen LogP contribution in [0.2, 0.25) is 0 Å². The SMILES string of the molecule is CCC/C=C\CCCCCCCCOCC(CO)OC(=O)CCCCCCCCCCCC/C=C\C/C=C\C/C=C\CCCCCCC. The van der Waals surface area contributed by atoms with Gasteiger partial charge in [0.2, 0.25) is 0 Å². The monoisotopic (exact) mass is 673 g/mol. The molecule has 1 atom stereocenters. The predicted octanol–water partition coefficient (Wildman–Crippen LogP) is 13.5. The lowest BCUT2D eigenvalue weighted by Crippen LogP contribution is -2.27. The second-order valence-electron chi connectivity index (χ2n) is 13.7. The summed E-state index contributed by atoms with van der Waals surface area (Å²) in [7, 11) is 0. The number of aliphatic hydroxyl groups is 1. The van der Waals surface area contributed by atoms with Crippen LogP contribution in [0, 0.1) is 0 Å². The van der Waals surface area contributed by atoms with E-state index in [1.54, 1.807) is 0 Å². The zero-order chi connectivity index (χ0) is 34.9. The van der Waals surface area contributed by atoms with Crippen molar-refractivity contribution in [2.24, 2.45) is 0 Å². The first-order valence-corrected chi connectivity index (χ1v) is 20.7. The third kappa shape index (κ3) is 38.8. The summed E-state index contributed by atoms with van der Waals surface area (Å²) >= 11 is 0. The van der Waals surface area contributed by atoms with E-state index in [2.05, 4.69) is 62.5 Å². The average molecular weight is 673 g/mol. The second-order valence-corrected chi connectivity index (χ2v) is 13.7. The van der Waals surface area contributed by atoms with Gasteiger partial charge in [0.15, 0.2) is 0 Å². The van der Waals surface area contributed by atoms with Crippen molar-refractivity contribution in [3.8, 4) is 0 Å². The molecule has 0 aromatic carbocycles. The molecule has 0 aromatic rings. The van der Waals surface area contributed by atoms with Crippen molar-refractivity contribution in [3.63, 3.8) is 0 Å². The number of esters is 1. The molecular weight excluding hydrogens is 592 g/mol. The van der Waals surface area contributed by atoms with Gasteiger partial charge in [0, 0.05) is 13.0 Å². The number of ether oxygens (including phenoxy) is 2. The Kier molecular flexibility index (Phi) is 40.1. The van der Waals surface area contributed by atoms with Gasteiger partial charge in [-0.15, -0.1) is 0 Å². The van der Waals surface area contributed by atoms with E-state index in [1.165, 1.54) is 148 Å². The summed E-state index contributed by atoms with van der Waals surface area (Å²) in [6.45, 7) is 5.27. The molecule has 4 nitrogen and oxygen atoms in total. The van der Waals surface area contributed by atoms with Gasteiger partial charge in [-0.25, -0.2) is 0 Å². The van der Waals surface area contributed by atoms with Gasteiger partial charge >= 0.3 is 5.97 Å². The summed E-state index contributed by atoms with van der Waals surface area (Å²) in [5.74, 6) is -0.208. The number of carbonyl (C=O) groups excluding carboxylic acids is 1. The van der Waals surface area contributed by atoms with Gasteiger partial charge in [0.05, 0.1) is 13.2 Å². The number of aliphatic hydroxyl groups excluding tert-OH is 1. The van der Waals surface area contributed by atoms with E-state index in [-0.39, 0.29) is 19.2 Å². The molecular formula is C44H80O4. The summed E-state index contributed by atoms with van der Waals surface area (Å²) in [6.07, 6.45) is 53.1. The first-order chi connectivity index (χ1) is 23.7. The minimum Gasteiger partial charge on any atom is -0.457 e. The van der Waals surface area contributed by atoms with E-state index >= 15 is 0 Å². The molecule has 280 valence electrons. The minimum absolute atomic E-state index is 0.176. The molecule has 1 unspecified atom stereocenters. The maximum absolute atomic E-state index is 12.2. The quantitative estimate of drug-likeness (QED) is 0.0403. The molecule has 4 heteroatoms. The standard InChI is InChI=1S/C44H80O4/c1-3-5-7-9-11-13-15-16-17-18-19-20-21-22-23-24-25-26-27-28-29-31-33-35-37-39-44(46)48-43(41-45)42-47-40-38-36-34-32-30-14-12-10-8-6-4-2/h8,10,15-16,18-19,21-22,43,45H,3-7,9,11-14,17,20,23-42H2,1-2H3/b10-8-,16-15-,19-18-,22-21-. The van der Waals surface area contributed by atoms with Crippen LogP contribution in [-0.2, 0) is 14.3 Å². The van der Waals surface area contributed by atoms with E-state index in [0.717, 1.165) is 32.1 Å². The normalized spacial score (nSPS) is 12.8. The molecule has 0 radical (unpaired) electrons. The highest BCUT2D eigenvalue weighted by molar-refractivity contribution is 5.69. The Morgan fingerprint density at radius 2 is 0.917 bits per heavy atom. The highest BCUT2D eigenvalue weighted by Gasteiger charge is 2.13. The van der Waals surface area contributed by atoms with Gasteiger partial charge in [-0.2, -0.15) is 0 Å². The van der Waals surface area contributed by atoms with Crippen LogP contribution in [-0.4, -0.2) is 37.0 Å². The molecule has 1 N–H and O–H groups in total. The fourth-order valence-corrected chi connectivity index (χ4v) is 5.75. The molecule has 0 aromatic heterocycles. The van der Waals surface area contributed by atoms with Crippen molar-refractivity contribution < 1.29 is 19.4 Å². The average Bonchev–Trinajstić information content (AvgIpc) is 3.09. The van der Waals surface area contributed by atoms with Crippen LogP contribution in [0.5, 0.6) is 0 Å². The second kappa shape index (κ2) is 41.5. The molecule has 0 saturated heterocycles. The zero-order valence-electron chi connectivity index (χ0n) is 32.0. The zero-order valence-corrected chi connectivity index (χ0v) is 32.0. The highest BCUT2D eigenvalue weighted by Crippen LogP contribution is 2.13. The maximum Gasteiger partial charge on any atom is 0.306 e. The van der Waals surface area contributed by atoms with Gasteiger partial charge < -0.3 is 14.6 Å². The largest absolute Gasteiger partial charge is 0.457 e. The van der Waals surface area contributed by atoms with Gasteiger partial charge in [0.25, 0.3) is 0 Å². The summed E-state index contributed by atoms with van der Waals surface area (Å²) in [5.41, 5.74) is 0. The maximum atomic E-state index is 12.2. The summed E-state index contributed by atoms with van der Waals surface area (Å²) in [6, 6.07) is 0. The molecule has 48 heavy (non-hydrogen) atoms. The molecule has 0 aliphatic heterocycles. The van der Waals surface area contributed by atoms with Crippen LogP contribution in [0.3, 0.4) is 0 Å². The van der Waals surface area contributed by atoms with E-state index in [4.69, 9.17) is 9.47 Å². The Bertz CT molecular complexity index is 753. The lowest BCUT2D eigenvalue weighted by Gasteiger charge is -2.15. The highest BCUT2D eigenvalue weighted by atomic mass is 16.6. The van der Waals surface area contributed by atoms with Crippen LogP contribution >= 0.6 is 0 Å². The van der Waals surface area contributed by atoms with E-state index in [9.17, 15) is 9.90 Å². The molecule has 0 heterocycles. The molecule has 0 rings (SSSR count).